The number of benzene rings is 1. The Labute approximate surface area is 219 Å². The average Bonchev–Trinajstić information content (AvgIpc) is 2.87. The van der Waals surface area contributed by atoms with Crippen LogP contribution in [-0.4, -0.2) is 48.0 Å². The first kappa shape index (κ1) is 34.4. The van der Waals surface area contributed by atoms with E-state index in [0.29, 0.717) is 6.54 Å². The van der Waals surface area contributed by atoms with Crippen molar-refractivity contribution >= 4 is 10.1 Å². The zero-order chi connectivity index (χ0) is 26.7. The summed E-state index contributed by atoms with van der Waals surface area (Å²) < 4.78 is 39.9. The van der Waals surface area contributed by atoms with Crippen molar-refractivity contribution < 1.29 is 22.1 Å². The second-order valence-corrected chi connectivity index (χ2v) is 10.4. The molecule has 0 saturated carbocycles. The molecule has 0 atom stereocenters. The summed E-state index contributed by atoms with van der Waals surface area (Å²) in [6.07, 6.45) is 12.9. The summed E-state index contributed by atoms with van der Waals surface area (Å²) in [5.41, 5.74) is 9.05. The zero-order valence-electron chi connectivity index (χ0n) is 22.8. The molecule has 0 aliphatic carbocycles. The molecule has 8 nitrogen and oxygen atoms in total. The smallest absolute Gasteiger partial charge is 0.296 e. The molecule has 0 saturated heterocycles. The largest absolute Gasteiger partial charge is 0.381 e. The fraction of sp³-hybridized carbons (Fsp3) is 0.778. The summed E-state index contributed by atoms with van der Waals surface area (Å²) in [5.74, 6) is 0. The van der Waals surface area contributed by atoms with E-state index >= 15 is 0 Å². The Hall–Kier alpha value is -1.64. The summed E-state index contributed by atoms with van der Waals surface area (Å²) in [5, 5.41) is 3.47. The molecule has 208 valence electrons. The van der Waals surface area contributed by atoms with Gasteiger partial charge in [0.05, 0.1) is 11.5 Å². The second kappa shape index (κ2) is 25.0. The highest BCUT2D eigenvalue weighted by molar-refractivity contribution is 7.86. The molecule has 0 fully saturated rings. The maximum absolute atomic E-state index is 11.9. The van der Waals surface area contributed by atoms with Gasteiger partial charge in [-0.25, -0.2) is 0 Å². The van der Waals surface area contributed by atoms with Gasteiger partial charge in [-0.2, -0.15) is 8.42 Å². The van der Waals surface area contributed by atoms with Crippen molar-refractivity contribution in [2.75, 3.05) is 39.6 Å². The summed E-state index contributed by atoms with van der Waals surface area (Å²) in [6, 6.07) is 6.70. The molecule has 0 aliphatic heterocycles. The third kappa shape index (κ3) is 21.6. The Morgan fingerprint density at radius 1 is 0.722 bits per heavy atom. The molecule has 1 aromatic rings. The van der Waals surface area contributed by atoms with Gasteiger partial charge in [-0.15, -0.1) is 0 Å². The third-order valence-electron chi connectivity index (χ3n) is 5.38. The monoisotopic (exact) mass is 527 g/mol. The molecule has 9 heteroatoms. The highest BCUT2D eigenvalue weighted by Gasteiger charge is 2.14. The number of azide groups is 1. The standard InChI is InChI=1S/C17H28O4S.C10H21N3O/c1-3-4-6-13-20-14-7-5-8-15-21-22(18,19)17-11-9-16(2)10-12-17;1-2-3-6-9-14-10-7-4-5-8-12-13-11/h9-12H,3-8,13-15H2,1-2H3;2-10H2,1H3. The Morgan fingerprint density at radius 3 is 1.69 bits per heavy atom. The van der Waals surface area contributed by atoms with E-state index in [0.717, 1.165) is 76.9 Å². The first-order chi connectivity index (χ1) is 17.5. The molecular formula is C27H49N3O5S. The number of nitrogens with zero attached hydrogens (tertiary/aromatic N) is 3. The lowest BCUT2D eigenvalue weighted by atomic mass is 10.2. The van der Waals surface area contributed by atoms with Gasteiger partial charge in [0.15, 0.2) is 0 Å². The van der Waals surface area contributed by atoms with Gasteiger partial charge in [-0.05, 0) is 69.5 Å². The Morgan fingerprint density at radius 2 is 1.19 bits per heavy atom. The molecule has 0 bridgehead atoms. The van der Waals surface area contributed by atoms with Crippen LogP contribution in [0.3, 0.4) is 0 Å². The third-order valence-corrected chi connectivity index (χ3v) is 6.70. The van der Waals surface area contributed by atoms with Crippen LogP contribution >= 0.6 is 0 Å². The molecule has 0 aromatic heterocycles. The Bertz CT molecular complexity index is 766. The SMILES string of the molecule is CCCCCOCCCCCN=[N+]=[N-].CCCCCOCCCCCOS(=O)(=O)c1ccc(C)cc1. The number of hydrogen-bond acceptors (Lipinski definition) is 6. The van der Waals surface area contributed by atoms with Crippen molar-refractivity contribution in [2.45, 2.75) is 103 Å². The fourth-order valence-electron chi connectivity index (χ4n) is 3.15. The lowest BCUT2D eigenvalue weighted by molar-refractivity contribution is 0.125. The Balaban J connectivity index is 0.000000757. The quantitative estimate of drug-likeness (QED) is 0.0503. The van der Waals surface area contributed by atoms with Gasteiger partial charge < -0.3 is 9.47 Å². The molecular weight excluding hydrogens is 478 g/mol. The highest BCUT2D eigenvalue weighted by atomic mass is 32.2. The van der Waals surface area contributed by atoms with Gasteiger partial charge in [0.1, 0.15) is 0 Å². The van der Waals surface area contributed by atoms with Crippen LogP contribution < -0.4 is 0 Å². The number of hydrogen-bond donors (Lipinski definition) is 0. The van der Waals surface area contributed by atoms with Crippen molar-refractivity contribution in [1.82, 2.24) is 0 Å². The molecule has 36 heavy (non-hydrogen) atoms. The van der Waals surface area contributed by atoms with Crippen LogP contribution in [0.25, 0.3) is 10.4 Å². The van der Waals surface area contributed by atoms with Crippen LogP contribution in [0.15, 0.2) is 34.3 Å². The average molecular weight is 528 g/mol. The van der Waals surface area contributed by atoms with Crippen LogP contribution in [0, 0.1) is 6.92 Å². The minimum Gasteiger partial charge on any atom is -0.381 e. The summed E-state index contributed by atoms with van der Waals surface area (Å²) >= 11 is 0. The van der Waals surface area contributed by atoms with Crippen LogP contribution in [0.4, 0.5) is 0 Å². The van der Waals surface area contributed by atoms with Gasteiger partial charge in [-0.3, -0.25) is 4.18 Å². The topological polar surface area (TPSA) is 111 Å². The predicted molar refractivity (Wildman–Crippen MR) is 147 cm³/mol. The summed E-state index contributed by atoms with van der Waals surface area (Å²) in [7, 11) is -3.62. The molecule has 0 amide bonds. The van der Waals surface area contributed by atoms with Crippen molar-refractivity contribution in [3.05, 3.63) is 40.3 Å². The van der Waals surface area contributed by atoms with Gasteiger partial charge >= 0.3 is 0 Å². The molecule has 1 rings (SSSR count). The van der Waals surface area contributed by atoms with Crippen molar-refractivity contribution in [3.63, 3.8) is 0 Å². The van der Waals surface area contributed by atoms with Gasteiger partial charge in [0, 0.05) is 37.9 Å². The summed E-state index contributed by atoms with van der Waals surface area (Å²) in [6.45, 7) is 10.4. The lowest BCUT2D eigenvalue weighted by Gasteiger charge is -2.06. The van der Waals surface area contributed by atoms with Crippen LogP contribution in [0.2, 0.25) is 0 Å². The molecule has 0 N–H and O–H groups in total. The van der Waals surface area contributed by atoms with Crippen LogP contribution in [0.5, 0.6) is 0 Å². The normalized spacial score (nSPS) is 11.0. The van der Waals surface area contributed by atoms with Crippen molar-refractivity contribution in [1.29, 1.82) is 0 Å². The Kier molecular flexibility index (Phi) is 23.9. The molecule has 0 heterocycles. The van der Waals surface area contributed by atoms with E-state index in [9.17, 15) is 8.42 Å². The fourth-order valence-corrected chi connectivity index (χ4v) is 4.09. The van der Waals surface area contributed by atoms with E-state index < -0.39 is 10.1 Å². The molecule has 1 aromatic carbocycles. The first-order valence-electron chi connectivity index (χ1n) is 13.6. The van der Waals surface area contributed by atoms with E-state index in [4.69, 9.17) is 19.2 Å². The van der Waals surface area contributed by atoms with Crippen LogP contribution in [-0.2, 0) is 23.8 Å². The maximum Gasteiger partial charge on any atom is 0.296 e. The zero-order valence-corrected chi connectivity index (χ0v) is 23.6. The highest BCUT2D eigenvalue weighted by Crippen LogP contribution is 2.14. The maximum atomic E-state index is 11.9. The van der Waals surface area contributed by atoms with E-state index in [1.54, 1.807) is 24.3 Å². The number of aryl methyl sites for hydroxylation is 1. The minimum atomic E-state index is -3.62. The minimum absolute atomic E-state index is 0.220. The number of unbranched alkanes of at least 4 members (excludes halogenated alkanes) is 8. The van der Waals surface area contributed by atoms with Gasteiger partial charge in [0.25, 0.3) is 10.1 Å². The number of rotatable bonds is 22. The van der Waals surface area contributed by atoms with E-state index in [-0.39, 0.29) is 11.5 Å². The number of ether oxygens (including phenoxy) is 2. The van der Waals surface area contributed by atoms with Crippen LogP contribution in [0.1, 0.15) is 96.5 Å². The van der Waals surface area contributed by atoms with Gasteiger partial charge in [-0.1, -0.05) is 68.8 Å². The molecule has 0 unspecified atom stereocenters. The van der Waals surface area contributed by atoms with E-state index in [1.807, 2.05) is 6.92 Å². The van der Waals surface area contributed by atoms with Gasteiger partial charge in [0.2, 0.25) is 0 Å². The van der Waals surface area contributed by atoms with Crippen molar-refractivity contribution in [3.8, 4) is 0 Å². The molecule has 0 spiro atoms. The first-order valence-corrected chi connectivity index (χ1v) is 15.0. The molecule has 0 radical (unpaired) electrons. The van der Waals surface area contributed by atoms with E-state index in [2.05, 4.69) is 23.9 Å². The molecule has 0 aliphatic rings. The van der Waals surface area contributed by atoms with Crippen molar-refractivity contribution in [2.24, 2.45) is 5.11 Å². The lowest BCUT2D eigenvalue weighted by Crippen LogP contribution is -2.08. The van der Waals surface area contributed by atoms with E-state index in [1.165, 1.54) is 32.1 Å². The summed E-state index contributed by atoms with van der Waals surface area (Å²) in [4.78, 5) is 2.92. The second-order valence-electron chi connectivity index (χ2n) is 8.80. The predicted octanol–water partition coefficient (Wildman–Crippen LogP) is 7.75.